The van der Waals surface area contributed by atoms with Crippen LogP contribution in [0.2, 0.25) is 0 Å². The molecule has 0 aromatic carbocycles. The second-order valence-electron chi connectivity index (χ2n) is 23.3. The number of thioether (sulfide) groups is 6. The van der Waals surface area contributed by atoms with Crippen LogP contribution in [0.3, 0.4) is 0 Å². The normalized spacial score (nSPS) is 47.1. The van der Waals surface area contributed by atoms with E-state index in [1.54, 1.807) is 27.9 Å². The number of methoxy groups -OCH3 is 1. The third-order valence-corrected chi connectivity index (χ3v) is 30.9. The summed E-state index contributed by atoms with van der Waals surface area (Å²) in [6, 6.07) is 0. The number of esters is 3. The Bertz CT molecular complexity index is 2080. The molecular weight excluding hydrogens is 1040 g/mol. The Labute approximate surface area is 459 Å². The number of hydrogen-bond acceptors (Lipinski definition) is 18. The van der Waals surface area contributed by atoms with Crippen LogP contribution in [0.15, 0.2) is 36.5 Å². The smallest absolute Gasteiger partial charge is 0.335 e. The zero-order valence-electron chi connectivity index (χ0n) is 43.5. The van der Waals surface area contributed by atoms with E-state index in [1.807, 2.05) is 37.4 Å². The fraction of sp³-hybridized carbons (Fsp3) is 0.836. The van der Waals surface area contributed by atoms with Gasteiger partial charge in [-0.15, -0.1) is 70.6 Å². The van der Waals surface area contributed by atoms with Crippen molar-refractivity contribution in [3.63, 3.8) is 0 Å². The molecule has 15 rings (SSSR count). The summed E-state index contributed by atoms with van der Waals surface area (Å²) < 4.78 is 52.8. The van der Waals surface area contributed by atoms with Crippen LogP contribution in [0.5, 0.6) is 0 Å². The summed E-state index contributed by atoms with van der Waals surface area (Å²) in [7, 11) is 1.69. The van der Waals surface area contributed by atoms with Gasteiger partial charge in [-0.05, 0) is 159 Å². The third-order valence-electron chi connectivity index (χ3n) is 18.1. The van der Waals surface area contributed by atoms with Crippen molar-refractivity contribution in [3.8, 4) is 0 Å². The Morgan fingerprint density at radius 3 is 1.08 bits per heavy atom. The lowest BCUT2D eigenvalue weighted by molar-refractivity contribution is -0.204. The van der Waals surface area contributed by atoms with Crippen LogP contribution in [-0.4, -0.2) is 120 Å². The summed E-state index contributed by atoms with van der Waals surface area (Å²) in [6.07, 6.45) is 18.0. The van der Waals surface area contributed by atoms with E-state index in [2.05, 4.69) is 66.8 Å². The number of carbonyl (C=O) groups is 3. The van der Waals surface area contributed by atoms with Gasteiger partial charge in [-0.25, -0.2) is 14.4 Å². The average Bonchev–Trinajstić information content (AvgIpc) is 4.20. The van der Waals surface area contributed by atoms with Gasteiger partial charge in [0.25, 0.3) is 0 Å². The van der Waals surface area contributed by atoms with E-state index >= 15 is 0 Å². The number of rotatable bonds is 11. The number of hydrogen-bond donors (Lipinski definition) is 0. The molecule has 73 heavy (non-hydrogen) atoms. The van der Waals surface area contributed by atoms with Crippen LogP contribution in [0.25, 0.3) is 0 Å². The lowest BCUT2D eigenvalue weighted by atomic mass is 9.56. The maximum atomic E-state index is 12.1. The Balaban J connectivity index is 0.000000118. The second-order valence-corrected chi connectivity index (χ2v) is 33.1. The minimum Gasteiger partial charge on any atom is -0.431 e. The first-order chi connectivity index (χ1) is 35.0. The highest BCUT2D eigenvalue weighted by Crippen LogP contribution is 2.75. The summed E-state index contributed by atoms with van der Waals surface area (Å²) in [6.45, 7) is 21.3. The molecule has 406 valence electrons. The summed E-state index contributed by atoms with van der Waals surface area (Å²) >= 11 is 12.2. The molecule has 0 radical (unpaired) electrons. The van der Waals surface area contributed by atoms with Crippen LogP contribution in [-0.2, 0) is 57.0 Å². The summed E-state index contributed by atoms with van der Waals surface area (Å²) in [5, 5.41) is 1.22. The molecule has 9 aliphatic carbocycles. The highest BCUT2D eigenvalue weighted by molar-refractivity contribution is 8.23. The Morgan fingerprint density at radius 1 is 0.452 bits per heavy atom. The highest BCUT2D eigenvalue weighted by atomic mass is 32.2. The van der Waals surface area contributed by atoms with Gasteiger partial charge < -0.3 is 42.6 Å². The quantitative estimate of drug-likeness (QED) is 0.110. The van der Waals surface area contributed by atoms with Crippen LogP contribution in [0.1, 0.15) is 131 Å². The SMILES string of the molecule is C=C(C)C(=O)OC1OC(OC)C2SC3(SC12)C1CC2CC(C1)CC3C2.C=C(C)C(=O)OC1OC(OCC)C2SC3(CCCCC3)SC12.C=C(C)C(=O)OC1OC(OCC)C2SC3(SC12)C1CC2CC(C1)CC3C2. The maximum Gasteiger partial charge on any atom is 0.335 e. The fourth-order valence-electron chi connectivity index (χ4n) is 15.4. The van der Waals surface area contributed by atoms with Gasteiger partial charge in [0.2, 0.25) is 18.9 Å². The van der Waals surface area contributed by atoms with Crippen molar-refractivity contribution in [1.82, 2.24) is 0 Å². The summed E-state index contributed by atoms with van der Waals surface area (Å²) in [5.41, 5.74) is 1.24. The highest BCUT2D eigenvalue weighted by Gasteiger charge is 2.69. The van der Waals surface area contributed by atoms with E-state index in [9.17, 15) is 14.4 Å². The van der Waals surface area contributed by atoms with E-state index < -0.39 is 18.9 Å². The van der Waals surface area contributed by atoms with Crippen LogP contribution < -0.4 is 0 Å². The summed E-state index contributed by atoms with van der Waals surface area (Å²) in [4.78, 5) is 36.0. The van der Waals surface area contributed by atoms with Crippen LogP contribution >= 0.6 is 70.6 Å². The van der Waals surface area contributed by atoms with E-state index in [0.717, 1.165) is 47.3 Å². The first-order valence-electron chi connectivity index (χ1n) is 27.4. The van der Waals surface area contributed by atoms with E-state index in [4.69, 9.17) is 42.6 Å². The minimum atomic E-state index is -0.524. The van der Waals surface area contributed by atoms with Gasteiger partial charge in [0, 0.05) is 37.0 Å². The van der Waals surface area contributed by atoms with Gasteiger partial charge in [-0.2, -0.15) is 0 Å². The fourth-order valence-corrected chi connectivity index (χ4v) is 29.0. The molecule has 12 unspecified atom stereocenters. The molecule has 6 saturated heterocycles. The van der Waals surface area contributed by atoms with Crippen molar-refractivity contribution in [2.24, 2.45) is 47.3 Å². The van der Waals surface area contributed by atoms with Crippen molar-refractivity contribution < 1.29 is 57.0 Å². The molecular formula is C55H78O12S6. The molecule has 12 nitrogen and oxygen atoms in total. The zero-order valence-corrected chi connectivity index (χ0v) is 48.4. The predicted molar refractivity (Wildman–Crippen MR) is 293 cm³/mol. The molecule has 15 fully saturated rings. The average molecular weight is 1120 g/mol. The first-order valence-corrected chi connectivity index (χ1v) is 32.7. The molecule has 15 aliphatic rings. The minimum absolute atomic E-state index is 0.156. The van der Waals surface area contributed by atoms with Crippen molar-refractivity contribution >= 4 is 88.5 Å². The molecule has 18 heteroatoms. The molecule has 9 saturated carbocycles. The molecule has 6 heterocycles. The van der Waals surface area contributed by atoms with Gasteiger partial charge in [0.1, 0.15) is 0 Å². The van der Waals surface area contributed by atoms with E-state index in [0.29, 0.717) is 29.9 Å². The standard InChI is InChI=1S/C20H28O4S2.C19H26O4S2.C16H24O4S2/c1-4-22-18-15-16(19(24-18)23-17(21)10(2)3)26-20(25-15)13-6-11-5-12(8-13)9-14(20)7-11;1-9(2)16(20)22-18-15-14(17(21-3)23-18)24-19(25-15)12-5-10-4-11(7-12)8-13(19)6-10;1-4-18-14-11-12(15(20-14)19-13(17)10(2)3)22-16(21-11)8-6-5-7-9-16/h11-16,18-19H,2,4-9H2,1,3H3;10-15,17-18H,1,4-8H2,2-3H3;11-12,14-15H,2,4-9H2,1,3H3. The lowest BCUT2D eigenvalue weighted by Gasteiger charge is -2.59. The monoisotopic (exact) mass is 1120 g/mol. The summed E-state index contributed by atoms with van der Waals surface area (Å²) in [5.74, 6) is 5.96. The Hall–Kier alpha value is -0.510. The molecule has 0 amide bonds. The lowest BCUT2D eigenvalue weighted by Crippen LogP contribution is -2.53. The predicted octanol–water partition coefficient (Wildman–Crippen LogP) is 11.7. The molecule has 0 N–H and O–H groups in total. The molecule has 0 aromatic heterocycles. The van der Waals surface area contributed by atoms with Gasteiger partial charge in [0.15, 0.2) is 18.9 Å². The Kier molecular flexibility index (Phi) is 16.3. The van der Waals surface area contributed by atoms with Crippen LogP contribution in [0.4, 0.5) is 0 Å². The van der Waals surface area contributed by atoms with Crippen molar-refractivity contribution in [1.29, 1.82) is 0 Å². The van der Waals surface area contributed by atoms with Gasteiger partial charge in [-0.1, -0.05) is 39.0 Å². The zero-order chi connectivity index (χ0) is 51.1. The molecule has 0 aromatic rings. The molecule has 12 atom stereocenters. The van der Waals surface area contributed by atoms with Crippen molar-refractivity contribution in [2.45, 2.75) is 212 Å². The van der Waals surface area contributed by atoms with Crippen molar-refractivity contribution in [3.05, 3.63) is 36.5 Å². The first kappa shape index (κ1) is 54.4. The number of carbonyl (C=O) groups excluding carboxylic acids is 3. The van der Waals surface area contributed by atoms with Crippen molar-refractivity contribution in [2.75, 3.05) is 20.3 Å². The van der Waals surface area contributed by atoms with Gasteiger partial charge in [0.05, 0.1) is 43.7 Å². The number of ether oxygens (including phenoxy) is 9. The second kappa shape index (κ2) is 21.9. The van der Waals surface area contributed by atoms with Gasteiger partial charge in [-0.3, -0.25) is 0 Å². The van der Waals surface area contributed by atoms with Gasteiger partial charge >= 0.3 is 17.9 Å². The largest absolute Gasteiger partial charge is 0.431 e. The maximum absolute atomic E-state index is 12.1. The topological polar surface area (TPSA) is 134 Å². The number of fused-ring (bicyclic) bond motifs is 3. The molecule has 8 bridgehead atoms. The molecule has 6 aliphatic heterocycles. The van der Waals surface area contributed by atoms with Crippen LogP contribution in [0, 0.1) is 47.3 Å². The third kappa shape index (κ3) is 10.3. The molecule has 3 spiro atoms. The van der Waals surface area contributed by atoms with E-state index in [1.165, 1.54) is 96.3 Å². The Morgan fingerprint density at radius 2 is 0.753 bits per heavy atom. The van der Waals surface area contributed by atoms with E-state index in [-0.39, 0.29) is 80.5 Å².